The highest BCUT2D eigenvalue weighted by atomic mass is 35.5. The number of piperidine rings is 1. The van der Waals surface area contributed by atoms with Gasteiger partial charge in [0.1, 0.15) is 6.10 Å². The van der Waals surface area contributed by atoms with E-state index in [2.05, 4.69) is 22.5 Å². The van der Waals surface area contributed by atoms with E-state index in [0.717, 1.165) is 39.0 Å². The molecule has 2 fully saturated rings. The van der Waals surface area contributed by atoms with Crippen LogP contribution in [0.4, 0.5) is 0 Å². The van der Waals surface area contributed by atoms with Crippen LogP contribution in [0.25, 0.3) is 0 Å². The van der Waals surface area contributed by atoms with Gasteiger partial charge in [-0.25, -0.2) is 0 Å². The van der Waals surface area contributed by atoms with Crippen LogP contribution in [0.2, 0.25) is 0 Å². The Morgan fingerprint density at radius 3 is 2.70 bits per heavy atom. The monoisotopic (exact) mass is 371 g/mol. The minimum Gasteiger partial charge on any atom is -0.384 e. The van der Waals surface area contributed by atoms with Gasteiger partial charge in [-0.3, -0.25) is 9.69 Å². The topological polar surface area (TPSA) is 62.8 Å². The summed E-state index contributed by atoms with van der Waals surface area (Å²) in [4.78, 5) is 14.6. The van der Waals surface area contributed by atoms with Crippen LogP contribution in [0.3, 0.4) is 0 Å². The Balaban J connectivity index is 0.00000242. The quantitative estimate of drug-likeness (QED) is 0.718. The number of hydrogen-bond acceptors (Lipinski definition) is 5. The highest BCUT2D eigenvalue weighted by molar-refractivity contribution is 5.85. The van der Waals surface area contributed by atoms with Crippen LogP contribution in [-0.4, -0.2) is 76.5 Å². The Morgan fingerprint density at radius 2 is 2.09 bits per heavy atom. The number of methoxy groups -OCH3 is 1. The molecule has 0 radical (unpaired) electrons. The van der Waals surface area contributed by atoms with Gasteiger partial charge in [0.15, 0.2) is 0 Å². The summed E-state index contributed by atoms with van der Waals surface area (Å²) in [6, 6.07) is 0. The van der Waals surface area contributed by atoms with Crippen molar-refractivity contribution in [2.45, 2.75) is 25.9 Å². The smallest absolute Gasteiger partial charge is 0.250 e. The second kappa shape index (κ2) is 11.4. The lowest BCUT2D eigenvalue weighted by Crippen LogP contribution is -2.53. The number of carbonyl (C=O) groups is 1. The van der Waals surface area contributed by atoms with E-state index in [1.54, 1.807) is 7.11 Å². The van der Waals surface area contributed by atoms with Gasteiger partial charge in [-0.05, 0) is 32.5 Å². The van der Waals surface area contributed by atoms with E-state index in [1.807, 2.05) is 0 Å². The fourth-order valence-corrected chi connectivity index (χ4v) is 3.17. The Bertz CT molecular complexity index is 336. The first kappa shape index (κ1) is 22.9. The maximum absolute atomic E-state index is 12.3. The van der Waals surface area contributed by atoms with Crippen molar-refractivity contribution in [2.24, 2.45) is 5.41 Å². The standard InChI is InChI=1S/C15H29N3O3.2ClH/c1-3-18-8-9-21-13(10-18)14(19)17-11-15(12-20-2)4-6-16-7-5-15;;/h13,16H,3-12H2,1-2H3,(H,17,19);2*1H. The fourth-order valence-electron chi connectivity index (χ4n) is 3.17. The number of ether oxygens (including phenoxy) is 2. The van der Waals surface area contributed by atoms with Crippen LogP contribution in [0.15, 0.2) is 0 Å². The molecule has 0 saturated carbocycles. The molecular formula is C15H31Cl2N3O3. The van der Waals surface area contributed by atoms with E-state index in [9.17, 15) is 4.79 Å². The zero-order valence-corrected chi connectivity index (χ0v) is 15.8. The highest BCUT2D eigenvalue weighted by Crippen LogP contribution is 2.28. The molecule has 2 rings (SSSR count). The minimum atomic E-state index is -0.333. The molecule has 138 valence electrons. The third-order valence-electron chi connectivity index (χ3n) is 4.64. The van der Waals surface area contributed by atoms with E-state index < -0.39 is 0 Å². The predicted molar refractivity (Wildman–Crippen MR) is 95.8 cm³/mol. The molecule has 2 saturated heterocycles. The molecule has 1 atom stereocenters. The molecule has 8 heteroatoms. The molecule has 2 N–H and O–H groups in total. The summed E-state index contributed by atoms with van der Waals surface area (Å²) in [7, 11) is 1.73. The number of nitrogens with one attached hydrogen (secondary N) is 2. The largest absolute Gasteiger partial charge is 0.384 e. The second-order valence-electron chi connectivity index (χ2n) is 6.15. The van der Waals surface area contributed by atoms with Crippen LogP contribution in [0, 0.1) is 5.41 Å². The van der Waals surface area contributed by atoms with E-state index >= 15 is 0 Å². The molecule has 0 aliphatic carbocycles. The maximum Gasteiger partial charge on any atom is 0.250 e. The minimum absolute atomic E-state index is 0. The molecule has 0 bridgehead atoms. The summed E-state index contributed by atoms with van der Waals surface area (Å²) in [6.45, 7) is 8.68. The van der Waals surface area contributed by atoms with Crippen molar-refractivity contribution >= 4 is 30.7 Å². The van der Waals surface area contributed by atoms with Gasteiger partial charge in [-0.2, -0.15) is 0 Å². The molecule has 0 aromatic rings. The number of carbonyl (C=O) groups excluding carboxylic acids is 1. The Hall–Kier alpha value is -0.110. The third kappa shape index (κ3) is 6.72. The van der Waals surface area contributed by atoms with Gasteiger partial charge in [0, 0.05) is 32.2 Å². The first-order valence-electron chi connectivity index (χ1n) is 8.00. The van der Waals surface area contributed by atoms with E-state index in [4.69, 9.17) is 9.47 Å². The van der Waals surface area contributed by atoms with Crippen molar-refractivity contribution in [3.05, 3.63) is 0 Å². The van der Waals surface area contributed by atoms with Gasteiger partial charge in [-0.1, -0.05) is 6.92 Å². The molecule has 2 aliphatic heterocycles. The number of amides is 1. The zero-order valence-electron chi connectivity index (χ0n) is 14.1. The molecule has 2 aliphatic rings. The molecule has 1 unspecified atom stereocenters. The SMILES string of the molecule is CCN1CCOC(C(=O)NCC2(COC)CCNCC2)C1.Cl.Cl. The molecule has 0 spiro atoms. The number of likely N-dealkylation sites (N-methyl/N-ethyl adjacent to an activating group) is 1. The lowest BCUT2D eigenvalue weighted by Gasteiger charge is -2.38. The number of halogens is 2. The van der Waals surface area contributed by atoms with Gasteiger partial charge >= 0.3 is 0 Å². The molecule has 1 amide bonds. The van der Waals surface area contributed by atoms with Crippen LogP contribution in [-0.2, 0) is 14.3 Å². The first-order chi connectivity index (χ1) is 10.2. The molecule has 0 aromatic heterocycles. The third-order valence-corrected chi connectivity index (χ3v) is 4.64. The van der Waals surface area contributed by atoms with Gasteiger partial charge < -0.3 is 20.1 Å². The average Bonchev–Trinajstić information content (AvgIpc) is 2.54. The summed E-state index contributed by atoms with van der Waals surface area (Å²) in [5.74, 6) is 0.0159. The zero-order chi connectivity index (χ0) is 15.1. The summed E-state index contributed by atoms with van der Waals surface area (Å²) in [5, 5.41) is 6.46. The van der Waals surface area contributed by atoms with Gasteiger partial charge in [0.2, 0.25) is 5.91 Å². The lowest BCUT2D eigenvalue weighted by atomic mass is 9.79. The molecule has 0 aromatic carbocycles. The van der Waals surface area contributed by atoms with Crippen molar-refractivity contribution in [1.82, 2.24) is 15.5 Å². The Kier molecular flexibility index (Phi) is 11.4. The summed E-state index contributed by atoms with van der Waals surface area (Å²) < 4.78 is 11.0. The van der Waals surface area contributed by atoms with Gasteiger partial charge in [-0.15, -0.1) is 24.8 Å². The molecule has 6 nitrogen and oxygen atoms in total. The van der Waals surface area contributed by atoms with Crippen molar-refractivity contribution in [2.75, 3.05) is 59.6 Å². The number of nitrogens with zero attached hydrogens (tertiary/aromatic N) is 1. The van der Waals surface area contributed by atoms with Gasteiger partial charge in [0.25, 0.3) is 0 Å². The Labute approximate surface area is 151 Å². The van der Waals surface area contributed by atoms with Crippen molar-refractivity contribution in [1.29, 1.82) is 0 Å². The van der Waals surface area contributed by atoms with Gasteiger partial charge in [0.05, 0.1) is 13.2 Å². The molecular weight excluding hydrogens is 341 g/mol. The normalized spacial score (nSPS) is 24.2. The van der Waals surface area contributed by atoms with Crippen LogP contribution >= 0.6 is 24.8 Å². The summed E-state index contributed by atoms with van der Waals surface area (Å²) in [5.41, 5.74) is 0.0643. The average molecular weight is 372 g/mol. The molecule has 2 heterocycles. The predicted octanol–water partition coefficient (Wildman–Crippen LogP) is 0.683. The highest BCUT2D eigenvalue weighted by Gasteiger charge is 2.34. The first-order valence-corrected chi connectivity index (χ1v) is 8.00. The van der Waals surface area contributed by atoms with E-state index in [1.165, 1.54) is 0 Å². The lowest BCUT2D eigenvalue weighted by molar-refractivity contribution is -0.139. The second-order valence-corrected chi connectivity index (χ2v) is 6.15. The number of hydrogen-bond donors (Lipinski definition) is 2. The number of morpholine rings is 1. The summed E-state index contributed by atoms with van der Waals surface area (Å²) >= 11 is 0. The maximum atomic E-state index is 12.3. The fraction of sp³-hybridized carbons (Fsp3) is 0.933. The van der Waals surface area contributed by atoms with Crippen LogP contribution in [0.1, 0.15) is 19.8 Å². The van der Waals surface area contributed by atoms with Crippen molar-refractivity contribution in [3.8, 4) is 0 Å². The summed E-state index contributed by atoms with van der Waals surface area (Å²) in [6.07, 6.45) is 1.74. The number of rotatable bonds is 6. The van der Waals surface area contributed by atoms with Crippen LogP contribution in [0.5, 0.6) is 0 Å². The van der Waals surface area contributed by atoms with Crippen molar-refractivity contribution in [3.63, 3.8) is 0 Å². The molecule has 23 heavy (non-hydrogen) atoms. The van der Waals surface area contributed by atoms with Crippen molar-refractivity contribution < 1.29 is 14.3 Å². The van der Waals surface area contributed by atoms with E-state index in [0.29, 0.717) is 26.3 Å². The van der Waals surface area contributed by atoms with Crippen LogP contribution < -0.4 is 10.6 Å². The Morgan fingerprint density at radius 1 is 1.39 bits per heavy atom. The van der Waals surface area contributed by atoms with E-state index in [-0.39, 0.29) is 42.2 Å².